The molecule has 0 aromatic heterocycles. The van der Waals surface area contributed by atoms with Gasteiger partial charge in [-0.1, -0.05) is 26.0 Å². The van der Waals surface area contributed by atoms with Crippen LogP contribution in [-0.2, 0) is 0 Å². The number of hydrogen-bond donors (Lipinski definition) is 1. The first kappa shape index (κ1) is 17.6. The van der Waals surface area contributed by atoms with E-state index in [1.54, 1.807) is 38.6 Å². The summed E-state index contributed by atoms with van der Waals surface area (Å²) < 4.78 is 10.4. The molecule has 0 aliphatic heterocycles. The zero-order valence-corrected chi connectivity index (χ0v) is 14.5. The fraction of sp³-hybridized carbons (Fsp3) is 0.250. The first-order valence-electron chi connectivity index (χ1n) is 7.84. The van der Waals surface area contributed by atoms with Crippen LogP contribution in [0.3, 0.4) is 0 Å². The minimum atomic E-state index is -0.109. The van der Waals surface area contributed by atoms with Gasteiger partial charge in [0.15, 0.2) is 17.3 Å². The number of methoxy groups -OCH3 is 2. The highest BCUT2D eigenvalue weighted by Gasteiger charge is 2.08. The molecule has 0 atom stereocenters. The second kappa shape index (κ2) is 8.20. The van der Waals surface area contributed by atoms with Crippen molar-refractivity contribution in [2.45, 2.75) is 19.8 Å². The first-order chi connectivity index (χ1) is 11.5. The van der Waals surface area contributed by atoms with Crippen LogP contribution in [0.4, 0.5) is 5.69 Å². The van der Waals surface area contributed by atoms with Crippen LogP contribution >= 0.6 is 0 Å². The molecule has 0 amide bonds. The molecule has 0 spiro atoms. The van der Waals surface area contributed by atoms with Crippen LogP contribution in [0.5, 0.6) is 11.5 Å². The molecule has 0 unspecified atom stereocenters. The number of allylic oxidation sites excluding steroid dienone is 1. The van der Waals surface area contributed by atoms with Crippen LogP contribution in [0.1, 0.15) is 35.7 Å². The third kappa shape index (κ3) is 4.38. The number of carbonyl (C=O) groups is 1. The van der Waals surface area contributed by atoms with Gasteiger partial charge in [-0.15, -0.1) is 0 Å². The van der Waals surface area contributed by atoms with Crippen LogP contribution in [0.2, 0.25) is 0 Å². The molecule has 0 bridgehead atoms. The Labute approximate surface area is 143 Å². The maximum atomic E-state index is 12.2. The van der Waals surface area contributed by atoms with Crippen LogP contribution in [0.25, 0.3) is 0 Å². The van der Waals surface area contributed by atoms with Gasteiger partial charge in [-0.3, -0.25) is 4.79 Å². The molecule has 4 nitrogen and oxygen atoms in total. The predicted octanol–water partition coefficient (Wildman–Crippen LogP) is 4.64. The summed E-state index contributed by atoms with van der Waals surface area (Å²) in [6, 6.07) is 13.3. The van der Waals surface area contributed by atoms with Gasteiger partial charge >= 0.3 is 0 Å². The van der Waals surface area contributed by atoms with Crippen molar-refractivity contribution in [3.8, 4) is 11.5 Å². The lowest BCUT2D eigenvalue weighted by molar-refractivity contribution is 0.104. The van der Waals surface area contributed by atoms with Gasteiger partial charge in [-0.2, -0.15) is 0 Å². The third-order valence-corrected chi connectivity index (χ3v) is 3.73. The molecular formula is C20H23NO3. The topological polar surface area (TPSA) is 47.6 Å². The van der Waals surface area contributed by atoms with Crippen molar-refractivity contribution in [3.63, 3.8) is 0 Å². The highest BCUT2D eigenvalue weighted by atomic mass is 16.5. The maximum absolute atomic E-state index is 12.2. The number of hydrogen-bond acceptors (Lipinski definition) is 4. The van der Waals surface area contributed by atoms with Gasteiger partial charge in [0.1, 0.15) is 0 Å². The Morgan fingerprint density at radius 2 is 1.67 bits per heavy atom. The van der Waals surface area contributed by atoms with Crippen LogP contribution in [-0.4, -0.2) is 20.0 Å². The number of rotatable bonds is 7. The van der Waals surface area contributed by atoms with E-state index in [1.807, 2.05) is 12.1 Å². The quantitative estimate of drug-likeness (QED) is 0.595. The van der Waals surface area contributed by atoms with Crippen LogP contribution in [0, 0.1) is 0 Å². The minimum absolute atomic E-state index is 0.109. The number of benzene rings is 2. The van der Waals surface area contributed by atoms with Gasteiger partial charge in [0.05, 0.1) is 14.2 Å². The van der Waals surface area contributed by atoms with Crippen molar-refractivity contribution >= 4 is 11.5 Å². The van der Waals surface area contributed by atoms with Gasteiger partial charge in [-0.25, -0.2) is 0 Å². The predicted molar refractivity (Wildman–Crippen MR) is 97.2 cm³/mol. The molecule has 2 aromatic carbocycles. The molecule has 0 heterocycles. The largest absolute Gasteiger partial charge is 0.493 e. The molecule has 4 heteroatoms. The summed E-state index contributed by atoms with van der Waals surface area (Å²) in [7, 11) is 3.11. The molecule has 2 aromatic rings. The molecule has 1 N–H and O–H groups in total. The van der Waals surface area contributed by atoms with E-state index in [0.717, 1.165) is 5.69 Å². The summed E-state index contributed by atoms with van der Waals surface area (Å²) in [6.07, 6.45) is 3.14. The Morgan fingerprint density at radius 1 is 1.00 bits per heavy atom. The second-order valence-corrected chi connectivity index (χ2v) is 5.69. The molecule has 0 saturated heterocycles. The zero-order valence-electron chi connectivity index (χ0n) is 14.5. The highest BCUT2D eigenvalue weighted by Crippen LogP contribution is 2.27. The molecule has 2 rings (SSSR count). The van der Waals surface area contributed by atoms with Crippen molar-refractivity contribution in [1.29, 1.82) is 0 Å². The average Bonchev–Trinajstić information content (AvgIpc) is 2.61. The van der Waals surface area contributed by atoms with Gasteiger partial charge in [0.2, 0.25) is 0 Å². The number of ketones is 1. The Morgan fingerprint density at radius 3 is 2.25 bits per heavy atom. The van der Waals surface area contributed by atoms with E-state index >= 15 is 0 Å². The molecule has 24 heavy (non-hydrogen) atoms. The fourth-order valence-corrected chi connectivity index (χ4v) is 2.26. The van der Waals surface area contributed by atoms with Crippen LogP contribution in [0.15, 0.2) is 54.7 Å². The Kier molecular flexibility index (Phi) is 6.01. The number of carbonyl (C=O) groups excluding carboxylic acids is 1. The molecule has 0 aliphatic carbocycles. The standard InChI is InChI=1S/C20H23NO3/c1-14(2)15-5-8-17(9-6-15)21-12-11-18(22)16-7-10-19(23-3)20(13-16)24-4/h5-14,21H,1-4H3. The van der Waals surface area contributed by atoms with Crippen molar-refractivity contribution in [2.75, 3.05) is 19.5 Å². The van der Waals surface area contributed by atoms with E-state index in [0.29, 0.717) is 23.0 Å². The molecule has 0 fully saturated rings. The lowest BCUT2D eigenvalue weighted by Gasteiger charge is -2.08. The number of ether oxygens (including phenoxy) is 2. The van der Waals surface area contributed by atoms with Crippen molar-refractivity contribution in [2.24, 2.45) is 0 Å². The Balaban J connectivity index is 2.02. The number of nitrogens with one attached hydrogen (secondary N) is 1. The van der Waals surface area contributed by atoms with E-state index < -0.39 is 0 Å². The second-order valence-electron chi connectivity index (χ2n) is 5.69. The molecular weight excluding hydrogens is 302 g/mol. The lowest BCUT2D eigenvalue weighted by atomic mass is 10.0. The van der Waals surface area contributed by atoms with Gasteiger partial charge in [0.25, 0.3) is 0 Å². The summed E-state index contributed by atoms with van der Waals surface area (Å²) in [6.45, 7) is 4.31. The average molecular weight is 325 g/mol. The smallest absolute Gasteiger partial charge is 0.187 e. The summed E-state index contributed by atoms with van der Waals surface area (Å²) >= 11 is 0. The Hall–Kier alpha value is -2.75. The molecule has 126 valence electrons. The molecule has 0 aliphatic rings. The summed E-state index contributed by atoms with van der Waals surface area (Å²) in [5, 5.41) is 3.11. The van der Waals surface area contributed by atoms with Crippen LogP contribution < -0.4 is 14.8 Å². The van der Waals surface area contributed by atoms with Crippen molar-refractivity contribution in [1.82, 2.24) is 0 Å². The molecule has 0 saturated carbocycles. The van der Waals surface area contributed by atoms with Gasteiger partial charge < -0.3 is 14.8 Å². The normalized spacial score (nSPS) is 10.9. The first-order valence-corrected chi connectivity index (χ1v) is 7.84. The molecule has 0 radical (unpaired) electrons. The fourth-order valence-electron chi connectivity index (χ4n) is 2.26. The van der Waals surface area contributed by atoms with E-state index in [2.05, 4.69) is 31.3 Å². The SMILES string of the molecule is COc1ccc(C(=O)C=CNc2ccc(C(C)C)cc2)cc1OC. The lowest BCUT2D eigenvalue weighted by Crippen LogP contribution is -1.98. The Bertz CT molecular complexity index is 718. The zero-order chi connectivity index (χ0) is 17.5. The summed E-state index contributed by atoms with van der Waals surface area (Å²) in [5.41, 5.74) is 2.77. The van der Waals surface area contributed by atoms with E-state index in [4.69, 9.17) is 9.47 Å². The van der Waals surface area contributed by atoms with Crippen molar-refractivity contribution in [3.05, 3.63) is 65.9 Å². The summed E-state index contributed by atoms with van der Waals surface area (Å²) in [4.78, 5) is 12.2. The van der Waals surface area contributed by atoms with Gasteiger partial charge in [-0.05, 0) is 41.8 Å². The highest BCUT2D eigenvalue weighted by molar-refractivity contribution is 6.05. The van der Waals surface area contributed by atoms with E-state index in [9.17, 15) is 4.79 Å². The number of anilines is 1. The van der Waals surface area contributed by atoms with Crippen molar-refractivity contribution < 1.29 is 14.3 Å². The minimum Gasteiger partial charge on any atom is -0.493 e. The van der Waals surface area contributed by atoms with Gasteiger partial charge in [0, 0.05) is 23.5 Å². The maximum Gasteiger partial charge on any atom is 0.187 e. The third-order valence-electron chi connectivity index (χ3n) is 3.73. The monoisotopic (exact) mass is 325 g/mol. The van der Waals surface area contributed by atoms with E-state index in [-0.39, 0.29) is 5.78 Å². The van der Waals surface area contributed by atoms with E-state index in [1.165, 1.54) is 11.6 Å². The summed E-state index contributed by atoms with van der Waals surface area (Å²) in [5.74, 6) is 1.53.